The van der Waals surface area contributed by atoms with Crippen LogP contribution in [0, 0.1) is 5.92 Å². The van der Waals surface area contributed by atoms with Crippen LogP contribution in [0.3, 0.4) is 0 Å². The zero-order valence-corrected chi connectivity index (χ0v) is 16.3. The lowest BCUT2D eigenvalue weighted by molar-refractivity contribution is -0.154. The van der Waals surface area contributed by atoms with Gasteiger partial charge in [-0.1, -0.05) is 60.7 Å². The van der Waals surface area contributed by atoms with E-state index in [0.29, 0.717) is 11.1 Å². The average molecular weight is 405 g/mol. The van der Waals surface area contributed by atoms with E-state index in [0.717, 1.165) is 14.9 Å². The van der Waals surface area contributed by atoms with E-state index in [1.165, 1.54) is 14.1 Å². The summed E-state index contributed by atoms with van der Waals surface area (Å²) in [7, 11) is 2.60. The number of benzene rings is 2. The zero-order chi connectivity index (χ0) is 21.4. The lowest BCUT2D eigenvalue weighted by atomic mass is 9.87. The monoisotopic (exact) mass is 405 g/mol. The fourth-order valence-corrected chi connectivity index (χ4v) is 3.57. The molecule has 2 aromatic rings. The van der Waals surface area contributed by atoms with E-state index in [2.05, 4.69) is 10.2 Å². The topological polar surface area (TPSA) is 106 Å². The summed E-state index contributed by atoms with van der Waals surface area (Å²) in [5.41, 5.74) is 1.41. The largest absolute Gasteiger partial charge is 0.332 e. The smallest absolute Gasteiger partial charge is 0.286 e. The number of nitrogens with zero attached hydrogens (tertiary/aromatic N) is 5. The summed E-state index contributed by atoms with van der Waals surface area (Å²) < 4.78 is 0. The molecular formula is C21H19N5O4. The molecule has 4 rings (SSSR count). The van der Waals surface area contributed by atoms with Crippen molar-refractivity contribution in [2.75, 3.05) is 14.1 Å². The Kier molecular flexibility index (Phi) is 4.88. The number of imide groups is 2. The second-order valence-electron chi connectivity index (χ2n) is 6.99. The highest BCUT2D eigenvalue weighted by atomic mass is 16.5. The van der Waals surface area contributed by atoms with E-state index < -0.39 is 29.8 Å². The Morgan fingerprint density at radius 2 is 1.27 bits per heavy atom. The van der Waals surface area contributed by atoms with Crippen LogP contribution < -0.4 is 0 Å². The van der Waals surface area contributed by atoms with Gasteiger partial charge in [-0.3, -0.25) is 24.6 Å². The number of amidine groups is 1. The number of carbonyl (C=O) groups is 3. The molecule has 2 heterocycles. The molecule has 30 heavy (non-hydrogen) atoms. The number of amides is 4. The van der Waals surface area contributed by atoms with Gasteiger partial charge in [0.15, 0.2) is 5.84 Å². The first-order valence-electron chi connectivity index (χ1n) is 9.25. The van der Waals surface area contributed by atoms with Gasteiger partial charge >= 0.3 is 6.03 Å². The Balaban J connectivity index is 1.86. The maximum absolute atomic E-state index is 13.0. The quantitative estimate of drug-likeness (QED) is 0.781. The number of hydrogen-bond donors (Lipinski definition) is 1. The molecule has 9 heteroatoms. The molecule has 1 fully saturated rings. The normalized spacial score (nSPS) is 20.4. The van der Waals surface area contributed by atoms with Gasteiger partial charge in [-0.2, -0.15) is 5.10 Å². The van der Waals surface area contributed by atoms with Crippen molar-refractivity contribution in [1.82, 2.24) is 14.9 Å². The van der Waals surface area contributed by atoms with Gasteiger partial charge in [0, 0.05) is 25.2 Å². The summed E-state index contributed by atoms with van der Waals surface area (Å²) in [6, 6.07) is 15.8. The van der Waals surface area contributed by atoms with E-state index in [1.54, 1.807) is 48.5 Å². The fraction of sp³-hybridized carbons (Fsp3) is 0.190. The van der Waals surface area contributed by atoms with Crippen molar-refractivity contribution in [3.8, 4) is 0 Å². The summed E-state index contributed by atoms with van der Waals surface area (Å²) >= 11 is 0. The minimum absolute atomic E-state index is 0.100. The van der Waals surface area contributed by atoms with Crippen LogP contribution >= 0.6 is 0 Å². The molecule has 0 aromatic heterocycles. The Morgan fingerprint density at radius 3 is 1.80 bits per heavy atom. The maximum atomic E-state index is 13.0. The average Bonchev–Trinajstić information content (AvgIpc) is 2.78. The van der Waals surface area contributed by atoms with Crippen LogP contribution in [0.25, 0.3) is 0 Å². The lowest BCUT2D eigenvalue weighted by Crippen LogP contribution is -2.64. The number of carbonyl (C=O) groups excluding carboxylic acids is 3. The fourth-order valence-electron chi connectivity index (χ4n) is 3.57. The molecule has 152 valence electrons. The van der Waals surface area contributed by atoms with Gasteiger partial charge in [-0.15, -0.1) is 5.10 Å². The molecule has 4 amide bonds. The first-order valence-corrected chi connectivity index (χ1v) is 9.25. The summed E-state index contributed by atoms with van der Waals surface area (Å²) in [6.07, 6.45) is 0. The van der Waals surface area contributed by atoms with Crippen molar-refractivity contribution < 1.29 is 19.6 Å². The van der Waals surface area contributed by atoms with Crippen molar-refractivity contribution in [3.63, 3.8) is 0 Å². The molecule has 1 N–H and O–H groups in total. The zero-order valence-electron chi connectivity index (χ0n) is 16.3. The molecule has 2 aliphatic heterocycles. The number of hydroxylamine groups is 2. The van der Waals surface area contributed by atoms with Crippen LogP contribution in [-0.2, 0) is 9.59 Å². The van der Waals surface area contributed by atoms with Crippen LogP contribution in [0.4, 0.5) is 4.79 Å². The van der Waals surface area contributed by atoms with E-state index in [-0.39, 0.29) is 11.5 Å². The van der Waals surface area contributed by atoms with Crippen LogP contribution in [0.15, 0.2) is 70.9 Å². The summed E-state index contributed by atoms with van der Waals surface area (Å²) in [5.74, 6) is -2.71. The van der Waals surface area contributed by atoms with Gasteiger partial charge in [-0.05, 0) is 0 Å². The third-order valence-electron chi connectivity index (χ3n) is 5.20. The second kappa shape index (κ2) is 7.53. The number of barbiturate groups is 1. The molecule has 0 bridgehead atoms. The predicted octanol–water partition coefficient (Wildman–Crippen LogP) is 1.58. The van der Waals surface area contributed by atoms with Gasteiger partial charge in [0.2, 0.25) is 11.8 Å². The van der Waals surface area contributed by atoms with Crippen molar-refractivity contribution in [1.29, 1.82) is 0 Å². The first kappa shape index (κ1) is 19.5. The molecule has 0 radical (unpaired) electrons. The summed E-state index contributed by atoms with van der Waals surface area (Å²) in [6.45, 7) is 0. The SMILES string of the molecule is CN1C(=O)C(C2C(c3ccccc3)=NN=C(c3ccccc3)N2O)C(=O)N(C)C1=O. The molecule has 1 atom stereocenters. The Bertz CT molecular complexity index is 1040. The van der Waals surface area contributed by atoms with E-state index in [4.69, 9.17) is 0 Å². The molecule has 9 nitrogen and oxygen atoms in total. The summed E-state index contributed by atoms with van der Waals surface area (Å²) in [4.78, 5) is 39.9. The predicted molar refractivity (Wildman–Crippen MR) is 108 cm³/mol. The highest BCUT2D eigenvalue weighted by Gasteiger charge is 2.51. The second-order valence-corrected chi connectivity index (χ2v) is 6.99. The maximum Gasteiger partial charge on any atom is 0.332 e. The summed E-state index contributed by atoms with van der Waals surface area (Å²) in [5, 5.41) is 20.4. The minimum Gasteiger partial charge on any atom is -0.286 e. The van der Waals surface area contributed by atoms with Gasteiger partial charge in [0.05, 0.1) is 5.71 Å². The van der Waals surface area contributed by atoms with E-state index in [1.807, 2.05) is 12.1 Å². The molecule has 1 unspecified atom stereocenters. The minimum atomic E-state index is -1.38. The standard InChI is InChI=1S/C21H19N5O4/c1-24-19(27)15(20(28)25(2)21(24)29)17-16(13-9-5-3-6-10-13)22-23-18(26(17)30)14-11-7-4-8-12-14/h3-12,15,17,30H,1-2H3. The van der Waals surface area contributed by atoms with Gasteiger partial charge in [-0.25, -0.2) is 9.86 Å². The molecular weight excluding hydrogens is 386 g/mol. The lowest BCUT2D eigenvalue weighted by Gasteiger charge is -2.40. The third kappa shape index (κ3) is 3.05. The highest BCUT2D eigenvalue weighted by Crippen LogP contribution is 2.28. The Labute approximate surface area is 172 Å². The molecule has 2 aliphatic rings. The number of rotatable bonds is 3. The van der Waals surface area contributed by atoms with E-state index in [9.17, 15) is 19.6 Å². The molecule has 0 saturated carbocycles. The molecule has 0 aliphatic carbocycles. The molecule has 1 saturated heterocycles. The van der Waals surface area contributed by atoms with Crippen molar-refractivity contribution in [3.05, 3.63) is 71.8 Å². The van der Waals surface area contributed by atoms with Crippen LogP contribution in [0.1, 0.15) is 11.1 Å². The third-order valence-corrected chi connectivity index (χ3v) is 5.20. The number of hydrogen-bond acceptors (Lipinski definition) is 7. The highest BCUT2D eigenvalue weighted by molar-refractivity contribution is 6.21. The first-order chi connectivity index (χ1) is 14.4. The van der Waals surface area contributed by atoms with Gasteiger partial charge in [0.25, 0.3) is 0 Å². The van der Waals surface area contributed by atoms with Crippen molar-refractivity contribution in [2.24, 2.45) is 16.1 Å². The Hall–Kier alpha value is -3.85. The van der Waals surface area contributed by atoms with Crippen LogP contribution in [0.5, 0.6) is 0 Å². The van der Waals surface area contributed by atoms with E-state index >= 15 is 0 Å². The van der Waals surface area contributed by atoms with Gasteiger partial charge < -0.3 is 0 Å². The van der Waals surface area contributed by atoms with Crippen LogP contribution in [0.2, 0.25) is 0 Å². The van der Waals surface area contributed by atoms with Crippen molar-refractivity contribution >= 4 is 29.4 Å². The van der Waals surface area contributed by atoms with Gasteiger partial charge in [0.1, 0.15) is 12.0 Å². The number of urea groups is 1. The van der Waals surface area contributed by atoms with Crippen molar-refractivity contribution in [2.45, 2.75) is 6.04 Å². The Morgan fingerprint density at radius 1 is 0.767 bits per heavy atom. The van der Waals surface area contributed by atoms with Crippen LogP contribution in [-0.4, -0.2) is 69.6 Å². The molecule has 2 aromatic carbocycles. The molecule has 0 spiro atoms.